The Morgan fingerprint density at radius 3 is 2.50 bits per heavy atom. The molecular formula is C18H33ClN2O. The third kappa shape index (κ3) is 3.80. The number of ether oxygens (including phenoxy) is 1. The van der Waals surface area contributed by atoms with E-state index in [0.29, 0.717) is 6.04 Å². The number of hydrogen-bond acceptors (Lipinski definition) is 3. The van der Waals surface area contributed by atoms with Crippen molar-refractivity contribution < 1.29 is 4.74 Å². The first kappa shape index (κ1) is 17.0. The molecule has 0 spiro atoms. The molecule has 5 atom stereocenters. The van der Waals surface area contributed by atoms with Crippen LogP contribution in [0.25, 0.3) is 0 Å². The molecule has 5 unspecified atom stereocenters. The quantitative estimate of drug-likeness (QED) is 0.832. The molecule has 3 nitrogen and oxygen atoms in total. The zero-order chi connectivity index (χ0) is 14.1. The summed E-state index contributed by atoms with van der Waals surface area (Å²) in [5.41, 5.74) is 0. The molecule has 0 aromatic rings. The number of morpholine rings is 1. The van der Waals surface area contributed by atoms with Crippen LogP contribution in [0.5, 0.6) is 0 Å². The van der Waals surface area contributed by atoms with Crippen LogP contribution >= 0.6 is 12.4 Å². The summed E-state index contributed by atoms with van der Waals surface area (Å²) < 4.78 is 5.69. The van der Waals surface area contributed by atoms with Crippen molar-refractivity contribution in [2.24, 2.45) is 17.8 Å². The molecule has 1 aliphatic heterocycles. The van der Waals surface area contributed by atoms with Gasteiger partial charge in [-0.15, -0.1) is 12.4 Å². The van der Waals surface area contributed by atoms with Crippen molar-refractivity contribution in [1.82, 2.24) is 10.6 Å². The number of hydrogen-bond donors (Lipinski definition) is 2. The molecule has 4 rings (SSSR count). The molecule has 128 valence electrons. The summed E-state index contributed by atoms with van der Waals surface area (Å²) in [5, 5.41) is 7.75. The molecule has 0 aromatic heterocycles. The fourth-order valence-electron chi connectivity index (χ4n) is 5.30. The highest BCUT2D eigenvalue weighted by molar-refractivity contribution is 5.85. The van der Waals surface area contributed by atoms with Crippen LogP contribution in [-0.4, -0.2) is 37.9 Å². The van der Waals surface area contributed by atoms with Gasteiger partial charge in [0.15, 0.2) is 0 Å². The van der Waals surface area contributed by atoms with Crippen LogP contribution in [-0.2, 0) is 4.74 Å². The van der Waals surface area contributed by atoms with Crippen LogP contribution in [0.3, 0.4) is 0 Å². The molecule has 0 amide bonds. The molecular weight excluding hydrogens is 296 g/mol. The highest BCUT2D eigenvalue weighted by Crippen LogP contribution is 2.45. The Morgan fingerprint density at radius 2 is 1.73 bits per heavy atom. The maximum absolute atomic E-state index is 5.69. The summed E-state index contributed by atoms with van der Waals surface area (Å²) in [5.74, 6) is 2.87. The lowest BCUT2D eigenvalue weighted by molar-refractivity contribution is 0.0522. The summed E-state index contributed by atoms with van der Waals surface area (Å²) >= 11 is 0. The van der Waals surface area contributed by atoms with Crippen molar-refractivity contribution in [3.63, 3.8) is 0 Å². The van der Waals surface area contributed by atoms with Crippen molar-refractivity contribution >= 4 is 12.4 Å². The zero-order valence-electron chi connectivity index (χ0n) is 13.8. The van der Waals surface area contributed by atoms with Gasteiger partial charge < -0.3 is 15.4 Å². The molecule has 0 aromatic carbocycles. The summed E-state index contributed by atoms with van der Waals surface area (Å²) in [7, 11) is 0. The molecule has 22 heavy (non-hydrogen) atoms. The van der Waals surface area contributed by atoms with E-state index in [1.165, 1.54) is 57.8 Å². The summed E-state index contributed by atoms with van der Waals surface area (Å²) in [4.78, 5) is 0. The normalized spacial score (nSPS) is 42.8. The minimum absolute atomic E-state index is 0. The van der Waals surface area contributed by atoms with E-state index >= 15 is 0 Å². The second-order valence-corrected chi connectivity index (χ2v) is 7.91. The molecule has 4 aliphatic rings. The van der Waals surface area contributed by atoms with Gasteiger partial charge in [0.2, 0.25) is 0 Å². The topological polar surface area (TPSA) is 33.3 Å². The van der Waals surface area contributed by atoms with Crippen LogP contribution in [0.1, 0.15) is 57.8 Å². The molecule has 4 heteroatoms. The summed E-state index contributed by atoms with van der Waals surface area (Å²) in [6.07, 6.45) is 13.1. The van der Waals surface area contributed by atoms with Gasteiger partial charge in [0.25, 0.3) is 0 Å². The Balaban J connectivity index is 0.00000144. The minimum Gasteiger partial charge on any atom is -0.379 e. The lowest BCUT2D eigenvalue weighted by Gasteiger charge is -2.33. The average molecular weight is 329 g/mol. The van der Waals surface area contributed by atoms with Crippen LogP contribution in [0.2, 0.25) is 0 Å². The maximum atomic E-state index is 5.69. The largest absolute Gasteiger partial charge is 0.379 e. The van der Waals surface area contributed by atoms with E-state index < -0.39 is 0 Å². The Labute approximate surface area is 141 Å². The van der Waals surface area contributed by atoms with Gasteiger partial charge in [-0.3, -0.25) is 0 Å². The van der Waals surface area contributed by atoms with E-state index in [9.17, 15) is 0 Å². The lowest BCUT2D eigenvalue weighted by atomic mass is 9.85. The molecule has 0 radical (unpaired) electrons. The first-order valence-corrected chi connectivity index (χ1v) is 9.49. The number of nitrogens with one attached hydrogen (secondary N) is 2. The number of rotatable bonds is 4. The van der Waals surface area contributed by atoms with Crippen molar-refractivity contribution in [3.8, 4) is 0 Å². The fourth-order valence-corrected chi connectivity index (χ4v) is 5.30. The van der Waals surface area contributed by atoms with Crippen molar-refractivity contribution in [2.45, 2.75) is 75.9 Å². The van der Waals surface area contributed by atoms with Gasteiger partial charge in [0.05, 0.1) is 13.2 Å². The molecule has 3 saturated carbocycles. The first-order chi connectivity index (χ1) is 10.4. The Hall–Kier alpha value is 0.170. The van der Waals surface area contributed by atoms with Crippen molar-refractivity contribution in [2.75, 3.05) is 19.8 Å². The smallest absolute Gasteiger partial charge is 0.0623 e. The Morgan fingerprint density at radius 1 is 0.864 bits per heavy atom. The monoisotopic (exact) mass is 328 g/mol. The molecule has 1 heterocycles. The predicted molar refractivity (Wildman–Crippen MR) is 92.6 cm³/mol. The SMILES string of the molecule is C1CCC(C2CC2NC2CCCC2C2COCCN2)CC1.Cl. The van der Waals surface area contributed by atoms with Gasteiger partial charge in [0.1, 0.15) is 0 Å². The molecule has 2 N–H and O–H groups in total. The molecule has 4 fully saturated rings. The predicted octanol–water partition coefficient (Wildman–Crippen LogP) is 3.12. The van der Waals surface area contributed by atoms with Crippen LogP contribution in [0.4, 0.5) is 0 Å². The Kier molecular flexibility index (Phi) is 6.05. The second-order valence-electron chi connectivity index (χ2n) is 7.91. The van der Waals surface area contributed by atoms with Crippen LogP contribution in [0, 0.1) is 17.8 Å². The highest BCUT2D eigenvalue weighted by atomic mass is 35.5. The third-order valence-corrected chi connectivity index (χ3v) is 6.56. The molecule has 3 aliphatic carbocycles. The molecule has 1 saturated heterocycles. The summed E-state index contributed by atoms with van der Waals surface area (Å²) in [6.45, 7) is 2.87. The maximum Gasteiger partial charge on any atom is 0.0623 e. The van der Waals surface area contributed by atoms with E-state index in [4.69, 9.17) is 4.74 Å². The summed E-state index contributed by atoms with van der Waals surface area (Å²) in [6, 6.07) is 2.21. The number of halogens is 1. The van der Waals surface area contributed by atoms with E-state index in [0.717, 1.165) is 49.6 Å². The van der Waals surface area contributed by atoms with E-state index in [1.54, 1.807) is 0 Å². The molecule has 0 bridgehead atoms. The second kappa shape index (κ2) is 7.83. The van der Waals surface area contributed by atoms with Gasteiger partial charge in [0, 0.05) is 24.7 Å². The van der Waals surface area contributed by atoms with E-state index in [1.807, 2.05) is 0 Å². The van der Waals surface area contributed by atoms with Crippen molar-refractivity contribution in [3.05, 3.63) is 0 Å². The average Bonchev–Trinajstić information content (AvgIpc) is 3.16. The Bertz CT molecular complexity index is 342. The first-order valence-electron chi connectivity index (χ1n) is 9.49. The van der Waals surface area contributed by atoms with Crippen LogP contribution < -0.4 is 10.6 Å². The van der Waals surface area contributed by atoms with Gasteiger partial charge in [-0.2, -0.15) is 0 Å². The van der Waals surface area contributed by atoms with E-state index in [-0.39, 0.29) is 12.4 Å². The third-order valence-electron chi connectivity index (χ3n) is 6.56. The lowest BCUT2D eigenvalue weighted by Crippen LogP contribution is -2.51. The van der Waals surface area contributed by atoms with Gasteiger partial charge in [-0.1, -0.05) is 38.5 Å². The zero-order valence-corrected chi connectivity index (χ0v) is 14.6. The van der Waals surface area contributed by atoms with Gasteiger partial charge in [-0.05, 0) is 37.0 Å². The highest BCUT2D eigenvalue weighted by Gasteiger charge is 2.45. The standard InChI is InChI=1S/C18H32N2O.ClH/c1-2-5-13(6-3-1)15-11-17(15)20-16-8-4-7-14(16)18-12-21-10-9-19-18;/h13-20H,1-12H2;1H. The van der Waals surface area contributed by atoms with Crippen LogP contribution in [0.15, 0.2) is 0 Å². The van der Waals surface area contributed by atoms with Gasteiger partial charge in [-0.25, -0.2) is 0 Å². The van der Waals surface area contributed by atoms with Crippen molar-refractivity contribution in [1.29, 1.82) is 0 Å². The minimum atomic E-state index is 0. The van der Waals surface area contributed by atoms with Gasteiger partial charge >= 0.3 is 0 Å². The fraction of sp³-hybridized carbons (Fsp3) is 1.00. The van der Waals surface area contributed by atoms with E-state index in [2.05, 4.69) is 10.6 Å².